The van der Waals surface area contributed by atoms with Crippen LogP contribution in [0.2, 0.25) is 0 Å². The molecule has 0 aromatic carbocycles. The second kappa shape index (κ2) is 5.27. The minimum atomic E-state index is 0.216. The van der Waals surface area contributed by atoms with Gasteiger partial charge in [-0.2, -0.15) is 0 Å². The van der Waals surface area contributed by atoms with E-state index in [4.69, 9.17) is 10.6 Å². The molecule has 0 saturated carbocycles. The Kier molecular flexibility index (Phi) is 4.24. The Morgan fingerprint density at radius 2 is 2.58 bits per heavy atom. The van der Waals surface area contributed by atoms with E-state index in [1.807, 2.05) is 6.07 Å². The first-order chi connectivity index (χ1) is 5.86. The Morgan fingerprint density at radius 1 is 1.75 bits per heavy atom. The van der Waals surface area contributed by atoms with E-state index in [0.29, 0.717) is 6.61 Å². The smallest absolute Gasteiger partial charge is 0.0632 e. The van der Waals surface area contributed by atoms with Gasteiger partial charge >= 0.3 is 0 Å². The topological polar surface area (TPSA) is 47.3 Å². The van der Waals surface area contributed by atoms with Crippen LogP contribution in [0.1, 0.15) is 4.88 Å². The molecule has 1 aromatic rings. The van der Waals surface area contributed by atoms with E-state index < -0.39 is 0 Å². The molecule has 1 heterocycles. The van der Waals surface area contributed by atoms with E-state index in [2.05, 4.69) is 16.9 Å². The second-order valence-electron chi connectivity index (χ2n) is 2.60. The van der Waals surface area contributed by atoms with E-state index in [0.717, 1.165) is 6.42 Å². The molecule has 3 N–H and O–H groups in total. The molecule has 0 fully saturated rings. The number of ether oxygens (including phenoxy) is 1. The Bertz CT molecular complexity index is 201. The van der Waals surface area contributed by atoms with Crippen molar-refractivity contribution in [3.05, 3.63) is 22.4 Å². The third-order valence-electron chi connectivity index (χ3n) is 1.63. The number of nitrogens with two attached hydrogens (primary N) is 1. The number of methoxy groups -OCH3 is 1. The van der Waals surface area contributed by atoms with Crippen LogP contribution in [0.4, 0.5) is 0 Å². The molecule has 1 atom stereocenters. The van der Waals surface area contributed by atoms with Crippen molar-refractivity contribution in [1.82, 2.24) is 5.43 Å². The fraction of sp³-hybridized carbons (Fsp3) is 0.500. The minimum absolute atomic E-state index is 0.216. The van der Waals surface area contributed by atoms with Gasteiger partial charge in [-0.15, -0.1) is 11.3 Å². The molecule has 4 heteroatoms. The van der Waals surface area contributed by atoms with Gasteiger partial charge in [-0.25, -0.2) is 0 Å². The van der Waals surface area contributed by atoms with E-state index >= 15 is 0 Å². The molecular formula is C8H14N2OS. The molecule has 0 aliphatic rings. The van der Waals surface area contributed by atoms with Gasteiger partial charge in [0, 0.05) is 24.4 Å². The van der Waals surface area contributed by atoms with Crippen LogP contribution in [0.5, 0.6) is 0 Å². The molecule has 1 unspecified atom stereocenters. The van der Waals surface area contributed by atoms with Crippen LogP contribution >= 0.6 is 11.3 Å². The molecular weight excluding hydrogens is 172 g/mol. The molecule has 0 aliphatic carbocycles. The third-order valence-corrected chi connectivity index (χ3v) is 2.53. The van der Waals surface area contributed by atoms with Gasteiger partial charge < -0.3 is 4.74 Å². The molecule has 68 valence electrons. The molecule has 0 aliphatic heterocycles. The number of hydrazine groups is 1. The van der Waals surface area contributed by atoms with E-state index in [9.17, 15) is 0 Å². The Labute approximate surface area is 76.5 Å². The second-order valence-corrected chi connectivity index (χ2v) is 3.63. The summed E-state index contributed by atoms with van der Waals surface area (Å²) in [5.41, 5.74) is 2.72. The zero-order valence-corrected chi connectivity index (χ0v) is 7.93. The molecule has 0 bridgehead atoms. The summed E-state index contributed by atoms with van der Waals surface area (Å²) in [6.45, 7) is 0.647. The quantitative estimate of drug-likeness (QED) is 0.527. The van der Waals surface area contributed by atoms with Crippen molar-refractivity contribution in [2.45, 2.75) is 12.5 Å². The van der Waals surface area contributed by atoms with Gasteiger partial charge in [-0.05, 0) is 11.4 Å². The van der Waals surface area contributed by atoms with Gasteiger partial charge in [0.05, 0.1) is 6.61 Å². The summed E-state index contributed by atoms with van der Waals surface area (Å²) in [6.07, 6.45) is 0.933. The minimum Gasteiger partial charge on any atom is -0.383 e. The maximum atomic E-state index is 5.35. The van der Waals surface area contributed by atoms with E-state index in [-0.39, 0.29) is 6.04 Å². The number of rotatable bonds is 5. The third kappa shape index (κ3) is 2.91. The van der Waals surface area contributed by atoms with Gasteiger partial charge in [-0.3, -0.25) is 11.3 Å². The molecule has 0 radical (unpaired) electrons. The summed E-state index contributed by atoms with van der Waals surface area (Å²) in [5, 5.41) is 2.07. The fourth-order valence-electron chi connectivity index (χ4n) is 1.04. The van der Waals surface area contributed by atoms with Crippen molar-refractivity contribution >= 4 is 11.3 Å². The van der Waals surface area contributed by atoms with Gasteiger partial charge in [0.1, 0.15) is 0 Å². The Morgan fingerprint density at radius 3 is 3.08 bits per heavy atom. The summed E-state index contributed by atoms with van der Waals surface area (Å²) in [6, 6.07) is 4.36. The predicted octanol–water partition coefficient (Wildman–Crippen LogP) is 0.769. The van der Waals surface area contributed by atoms with Crippen LogP contribution in [-0.4, -0.2) is 19.8 Å². The molecule has 1 aromatic heterocycles. The average molecular weight is 186 g/mol. The van der Waals surface area contributed by atoms with Crippen molar-refractivity contribution in [3.63, 3.8) is 0 Å². The summed E-state index contributed by atoms with van der Waals surface area (Å²) < 4.78 is 5.01. The van der Waals surface area contributed by atoms with Crippen LogP contribution in [0.15, 0.2) is 17.5 Å². The van der Waals surface area contributed by atoms with Gasteiger partial charge in [-0.1, -0.05) is 6.07 Å². The highest BCUT2D eigenvalue weighted by atomic mass is 32.1. The molecule has 3 nitrogen and oxygen atoms in total. The largest absolute Gasteiger partial charge is 0.383 e. The lowest BCUT2D eigenvalue weighted by Crippen LogP contribution is -2.39. The molecule has 0 spiro atoms. The predicted molar refractivity (Wildman–Crippen MR) is 51.0 cm³/mol. The lowest BCUT2D eigenvalue weighted by molar-refractivity contribution is 0.166. The van der Waals surface area contributed by atoms with Crippen LogP contribution < -0.4 is 11.3 Å². The first kappa shape index (κ1) is 9.67. The van der Waals surface area contributed by atoms with Crippen LogP contribution in [0, 0.1) is 0 Å². The summed E-state index contributed by atoms with van der Waals surface area (Å²) in [4.78, 5) is 1.33. The number of thiophene rings is 1. The van der Waals surface area contributed by atoms with E-state index in [1.165, 1.54) is 4.88 Å². The first-order valence-electron chi connectivity index (χ1n) is 3.84. The summed E-state index contributed by atoms with van der Waals surface area (Å²) in [5.74, 6) is 5.35. The van der Waals surface area contributed by atoms with Crippen molar-refractivity contribution in [2.24, 2.45) is 5.84 Å². The Balaban J connectivity index is 2.37. The first-order valence-corrected chi connectivity index (χ1v) is 4.72. The number of nitrogens with one attached hydrogen (secondary N) is 1. The van der Waals surface area contributed by atoms with Crippen molar-refractivity contribution in [2.75, 3.05) is 13.7 Å². The zero-order valence-electron chi connectivity index (χ0n) is 7.12. The van der Waals surface area contributed by atoms with Gasteiger partial charge in [0.25, 0.3) is 0 Å². The SMILES string of the molecule is COCC(Cc1cccs1)NN. The lowest BCUT2D eigenvalue weighted by Gasteiger charge is -2.12. The molecule has 0 saturated heterocycles. The highest BCUT2D eigenvalue weighted by molar-refractivity contribution is 7.09. The lowest BCUT2D eigenvalue weighted by atomic mass is 10.2. The average Bonchev–Trinajstić information content (AvgIpc) is 2.56. The molecule has 12 heavy (non-hydrogen) atoms. The summed E-state index contributed by atoms with van der Waals surface area (Å²) in [7, 11) is 1.68. The Hall–Kier alpha value is -0.420. The maximum Gasteiger partial charge on any atom is 0.0632 e. The van der Waals surface area contributed by atoms with Crippen molar-refractivity contribution in [1.29, 1.82) is 0 Å². The fourth-order valence-corrected chi connectivity index (χ4v) is 1.83. The van der Waals surface area contributed by atoms with Gasteiger partial charge in [0.15, 0.2) is 0 Å². The van der Waals surface area contributed by atoms with Crippen molar-refractivity contribution < 1.29 is 4.74 Å². The van der Waals surface area contributed by atoms with Crippen LogP contribution in [0.3, 0.4) is 0 Å². The zero-order chi connectivity index (χ0) is 8.81. The standard InChI is InChI=1S/C8H14N2OS/c1-11-6-7(10-9)5-8-3-2-4-12-8/h2-4,7,10H,5-6,9H2,1H3. The maximum absolute atomic E-state index is 5.35. The van der Waals surface area contributed by atoms with Crippen molar-refractivity contribution in [3.8, 4) is 0 Å². The normalized spacial score (nSPS) is 13.2. The van der Waals surface area contributed by atoms with Gasteiger partial charge in [0.2, 0.25) is 0 Å². The highest BCUT2D eigenvalue weighted by Crippen LogP contribution is 2.10. The number of hydrogen-bond acceptors (Lipinski definition) is 4. The number of hydrogen-bond donors (Lipinski definition) is 2. The van der Waals surface area contributed by atoms with E-state index in [1.54, 1.807) is 18.4 Å². The monoisotopic (exact) mass is 186 g/mol. The van der Waals surface area contributed by atoms with Crippen LogP contribution in [-0.2, 0) is 11.2 Å². The molecule has 0 amide bonds. The molecule has 1 rings (SSSR count). The van der Waals surface area contributed by atoms with Crippen LogP contribution in [0.25, 0.3) is 0 Å². The highest BCUT2D eigenvalue weighted by Gasteiger charge is 2.06. The summed E-state index contributed by atoms with van der Waals surface area (Å²) >= 11 is 1.74.